The van der Waals surface area contributed by atoms with Gasteiger partial charge in [-0.3, -0.25) is 9.69 Å². The van der Waals surface area contributed by atoms with Crippen LogP contribution in [0.5, 0.6) is 5.75 Å². The number of hydrogen-bond acceptors (Lipinski definition) is 5. The van der Waals surface area contributed by atoms with E-state index in [1.807, 2.05) is 24.3 Å². The van der Waals surface area contributed by atoms with Crippen LogP contribution in [-0.2, 0) is 11.3 Å². The first-order chi connectivity index (χ1) is 17.5. The van der Waals surface area contributed by atoms with Gasteiger partial charge in [-0.1, -0.05) is 23.7 Å². The second kappa shape index (κ2) is 10.6. The number of aromatic carboxylic acids is 1. The molecule has 2 N–H and O–H groups in total. The molecule has 186 valence electrons. The van der Waals surface area contributed by atoms with Crippen molar-refractivity contribution in [2.24, 2.45) is 0 Å². The fraction of sp³-hybridized carbons (Fsp3) is 0.259. The van der Waals surface area contributed by atoms with Crippen molar-refractivity contribution in [3.8, 4) is 16.9 Å². The van der Waals surface area contributed by atoms with Gasteiger partial charge in [-0.2, -0.15) is 0 Å². The van der Waals surface area contributed by atoms with E-state index in [-0.39, 0.29) is 16.8 Å². The monoisotopic (exact) mass is 507 g/mol. The average molecular weight is 508 g/mol. The quantitative estimate of drug-likeness (QED) is 0.372. The molecule has 0 radical (unpaired) electrons. The third-order valence-corrected chi connectivity index (χ3v) is 6.59. The molecule has 0 spiro atoms. The Kier molecular flexibility index (Phi) is 7.09. The Morgan fingerprint density at radius 1 is 1.11 bits per heavy atom. The summed E-state index contributed by atoms with van der Waals surface area (Å²) in [6.45, 7) is 5.08. The van der Waals surface area contributed by atoms with E-state index < -0.39 is 5.97 Å². The maximum atomic E-state index is 12.6. The fourth-order valence-electron chi connectivity index (χ4n) is 4.60. The number of carboxylic acid groups (broad SMARTS) is 1. The summed E-state index contributed by atoms with van der Waals surface area (Å²) in [5.41, 5.74) is 1.89. The highest BCUT2D eigenvalue weighted by atomic mass is 35.5. The van der Waals surface area contributed by atoms with Crippen LogP contribution in [0.2, 0.25) is 5.02 Å². The molecule has 0 bridgehead atoms. The van der Waals surface area contributed by atoms with Gasteiger partial charge < -0.3 is 24.1 Å². The standard InChI is InChI=1S/C27H26ClN3O5/c28-19-5-8-23-22(16-19)24(21-2-1-9-29-26(21)32)25(27(33)34)31(23)17-18-3-6-20(7-4-18)36-15-12-30-10-13-35-14-11-30/h1-9,16H,10-15,17H2,(H,29,32)(H,33,34). The summed E-state index contributed by atoms with van der Waals surface area (Å²) >= 11 is 6.26. The van der Waals surface area contributed by atoms with Crippen molar-refractivity contribution in [3.05, 3.63) is 87.4 Å². The van der Waals surface area contributed by atoms with Crippen molar-refractivity contribution in [1.29, 1.82) is 0 Å². The molecule has 36 heavy (non-hydrogen) atoms. The molecule has 5 rings (SSSR count). The molecule has 0 amide bonds. The number of hydrogen-bond donors (Lipinski definition) is 2. The number of nitrogens with one attached hydrogen (secondary N) is 1. The molecule has 8 nitrogen and oxygen atoms in total. The van der Waals surface area contributed by atoms with Gasteiger partial charge in [0.1, 0.15) is 18.1 Å². The predicted molar refractivity (Wildman–Crippen MR) is 138 cm³/mol. The van der Waals surface area contributed by atoms with Gasteiger partial charge in [0.2, 0.25) is 0 Å². The summed E-state index contributed by atoms with van der Waals surface area (Å²) < 4.78 is 13.0. The molecule has 4 aromatic rings. The van der Waals surface area contributed by atoms with Gasteiger partial charge in [-0.25, -0.2) is 4.79 Å². The summed E-state index contributed by atoms with van der Waals surface area (Å²) in [7, 11) is 0. The minimum Gasteiger partial charge on any atom is -0.492 e. The lowest BCUT2D eigenvalue weighted by Crippen LogP contribution is -2.38. The summed E-state index contributed by atoms with van der Waals surface area (Å²) in [5.74, 6) is -0.366. The van der Waals surface area contributed by atoms with Gasteiger partial charge in [0, 0.05) is 59.4 Å². The Balaban J connectivity index is 1.44. The van der Waals surface area contributed by atoms with E-state index in [4.69, 9.17) is 21.1 Å². The largest absolute Gasteiger partial charge is 0.492 e. The number of benzene rings is 2. The highest BCUT2D eigenvalue weighted by Gasteiger charge is 2.25. The van der Waals surface area contributed by atoms with Gasteiger partial charge in [-0.15, -0.1) is 0 Å². The first kappa shape index (κ1) is 24.1. The average Bonchev–Trinajstić information content (AvgIpc) is 3.19. The molecule has 2 aromatic carbocycles. The molecule has 2 aromatic heterocycles. The summed E-state index contributed by atoms with van der Waals surface area (Å²) in [6, 6.07) is 16.1. The molecule has 1 fully saturated rings. The van der Waals surface area contributed by atoms with Crippen molar-refractivity contribution in [2.75, 3.05) is 39.5 Å². The number of aromatic nitrogens is 2. The zero-order valence-electron chi connectivity index (χ0n) is 19.6. The maximum Gasteiger partial charge on any atom is 0.353 e. The minimum atomic E-state index is -1.12. The van der Waals surface area contributed by atoms with E-state index in [9.17, 15) is 14.7 Å². The van der Waals surface area contributed by atoms with Crippen LogP contribution in [0.25, 0.3) is 22.0 Å². The molecule has 0 unspecified atom stereocenters. The molecular formula is C27H26ClN3O5. The lowest BCUT2D eigenvalue weighted by molar-refractivity contribution is 0.0322. The van der Waals surface area contributed by atoms with Gasteiger partial charge in [0.05, 0.1) is 13.2 Å². The van der Waals surface area contributed by atoms with Crippen molar-refractivity contribution >= 4 is 28.5 Å². The molecule has 9 heteroatoms. The lowest BCUT2D eigenvalue weighted by Gasteiger charge is -2.26. The smallest absolute Gasteiger partial charge is 0.353 e. The van der Waals surface area contributed by atoms with Crippen molar-refractivity contribution < 1.29 is 19.4 Å². The number of ether oxygens (including phenoxy) is 2. The molecule has 1 saturated heterocycles. The minimum absolute atomic E-state index is 0.0369. The summed E-state index contributed by atoms with van der Waals surface area (Å²) in [5, 5.41) is 11.3. The number of carbonyl (C=O) groups is 1. The maximum absolute atomic E-state index is 12.6. The normalized spacial score (nSPS) is 14.2. The number of H-pyrrole nitrogens is 1. The first-order valence-corrected chi connectivity index (χ1v) is 12.1. The molecule has 0 saturated carbocycles. The number of fused-ring (bicyclic) bond motifs is 1. The first-order valence-electron chi connectivity index (χ1n) is 11.8. The third kappa shape index (κ3) is 5.02. The zero-order chi connectivity index (χ0) is 25.1. The molecular weight excluding hydrogens is 482 g/mol. The van der Waals surface area contributed by atoms with E-state index in [2.05, 4.69) is 9.88 Å². The zero-order valence-corrected chi connectivity index (χ0v) is 20.3. The van der Waals surface area contributed by atoms with Gasteiger partial charge in [0.15, 0.2) is 0 Å². The number of morpholine rings is 1. The number of carboxylic acids is 1. The molecule has 0 aliphatic carbocycles. The topological polar surface area (TPSA) is 96.8 Å². The Hall–Kier alpha value is -3.59. The molecule has 1 aliphatic heterocycles. The Bertz CT molecular complexity index is 1440. The number of aromatic amines is 1. The third-order valence-electron chi connectivity index (χ3n) is 6.36. The van der Waals surface area contributed by atoms with Crippen LogP contribution in [0.15, 0.2) is 65.6 Å². The summed E-state index contributed by atoms with van der Waals surface area (Å²) in [4.78, 5) is 30.0. The Morgan fingerprint density at radius 2 is 1.89 bits per heavy atom. The Morgan fingerprint density at radius 3 is 2.61 bits per heavy atom. The van der Waals surface area contributed by atoms with E-state index >= 15 is 0 Å². The van der Waals surface area contributed by atoms with Gasteiger partial charge in [0.25, 0.3) is 5.56 Å². The second-order valence-electron chi connectivity index (χ2n) is 8.64. The predicted octanol–water partition coefficient (Wildman–Crippen LogP) is 4.11. The van der Waals surface area contributed by atoms with Crippen LogP contribution in [0.1, 0.15) is 16.1 Å². The number of halogens is 1. The van der Waals surface area contributed by atoms with Gasteiger partial charge >= 0.3 is 5.97 Å². The van der Waals surface area contributed by atoms with Crippen LogP contribution < -0.4 is 10.3 Å². The second-order valence-corrected chi connectivity index (χ2v) is 9.07. The van der Waals surface area contributed by atoms with Crippen LogP contribution in [0, 0.1) is 0 Å². The highest BCUT2D eigenvalue weighted by Crippen LogP contribution is 2.35. The Labute approximate surface area is 212 Å². The fourth-order valence-corrected chi connectivity index (χ4v) is 4.77. The molecule has 3 heterocycles. The number of rotatable bonds is 8. The highest BCUT2D eigenvalue weighted by molar-refractivity contribution is 6.31. The van der Waals surface area contributed by atoms with Crippen molar-refractivity contribution in [1.82, 2.24) is 14.5 Å². The van der Waals surface area contributed by atoms with E-state index in [1.54, 1.807) is 34.9 Å². The van der Waals surface area contributed by atoms with E-state index in [1.165, 1.54) is 6.20 Å². The van der Waals surface area contributed by atoms with Crippen molar-refractivity contribution in [2.45, 2.75) is 6.54 Å². The molecule has 0 atom stereocenters. The van der Waals surface area contributed by atoms with Crippen LogP contribution >= 0.6 is 11.6 Å². The lowest BCUT2D eigenvalue weighted by atomic mass is 10.0. The van der Waals surface area contributed by atoms with Crippen LogP contribution in [-0.4, -0.2) is 65.0 Å². The number of nitrogens with zero attached hydrogens (tertiary/aromatic N) is 2. The van der Waals surface area contributed by atoms with Crippen LogP contribution in [0.3, 0.4) is 0 Å². The molecule has 1 aliphatic rings. The number of pyridine rings is 1. The van der Waals surface area contributed by atoms with E-state index in [0.29, 0.717) is 34.6 Å². The van der Waals surface area contributed by atoms with Crippen molar-refractivity contribution in [3.63, 3.8) is 0 Å². The van der Waals surface area contributed by atoms with E-state index in [0.717, 1.165) is 44.2 Å². The van der Waals surface area contributed by atoms with Crippen LogP contribution in [0.4, 0.5) is 0 Å². The van der Waals surface area contributed by atoms with Gasteiger partial charge in [-0.05, 0) is 48.0 Å². The SMILES string of the molecule is O=C(O)c1c(-c2ccc[nH]c2=O)c2cc(Cl)ccc2n1Cc1ccc(OCCN2CCOCC2)cc1. The summed E-state index contributed by atoms with van der Waals surface area (Å²) in [6.07, 6.45) is 1.52.